The monoisotopic (exact) mass is 337 g/mol. The lowest BCUT2D eigenvalue weighted by molar-refractivity contribution is 0.1000. The fourth-order valence-corrected chi connectivity index (χ4v) is 2.10. The third-order valence-electron chi connectivity index (χ3n) is 2.91. The highest BCUT2D eigenvalue weighted by Gasteiger charge is 2.06. The highest BCUT2D eigenvalue weighted by Crippen LogP contribution is 2.23. The van der Waals surface area contributed by atoms with Crippen molar-refractivity contribution in [3.8, 4) is 5.75 Å². The van der Waals surface area contributed by atoms with Crippen molar-refractivity contribution >= 4 is 21.8 Å². The Kier molecular flexibility index (Phi) is 4.39. The third-order valence-corrected chi connectivity index (χ3v) is 3.52. The van der Waals surface area contributed by atoms with Gasteiger partial charge in [0.05, 0.1) is 4.47 Å². The van der Waals surface area contributed by atoms with Crippen LogP contribution in [0.15, 0.2) is 40.9 Å². The molecule has 0 fully saturated rings. The van der Waals surface area contributed by atoms with E-state index in [0.29, 0.717) is 22.4 Å². The average Bonchev–Trinajstić information content (AvgIpc) is 2.41. The first-order valence-corrected chi connectivity index (χ1v) is 6.74. The van der Waals surface area contributed by atoms with Gasteiger partial charge in [-0.1, -0.05) is 6.07 Å². The number of halogens is 2. The maximum atomic E-state index is 13.1. The number of nitrogens with two attached hydrogens (primary N) is 1. The fourth-order valence-electron chi connectivity index (χ4n) is 1.74. The minimum atomic E-state index is -0.456. The summed E-state index contributed by atoms with van der Waals surface area (Å²) < 4.78 is 19.1. The van der Waals surface area contributed by atoms with Gasteiger partial charge < -0.3 is 10.5 Å². The summed E-state index contributed by atoms with van der Waals surface area (Å²) >= 11 is 3.11. The van der Waals surface area contributed by atoms with E-state index < -0.39 is 5.91 Å². The molecule has 2 aromatic carbocycles. The van der Waals surface area contributed by atoms with E-state index in [9.17, 15) is 9.18 Å². The topological polar surface area (TPSA) is 52.3 Å². The van der Waals surface area contributed by atoms with Gasteiger partial charge in [-0.3, -0.25) is 4.79 Å². The van der Waals surface area contributed by atoms with Crippen LogP contribution in [0.25, 0.3) is 0 Å². The summed E-state index contributed by atoms with van der Waals surface area (Å²) in [6.07, 6.45) is 0. The Hall–Kier alpha value is -1.88. The smallest absolute Gasteiger partial charge is 0.248 e. The van der Waals surface area contributed by atoms with Gasteiger partial charge in [-0.2, -0.15) is 0 Å². The van der Waals surface area contributed by atoms with Crippen molar-refractivity contribution in [1.82, 2.24) is 0 Å². The standard InChI is InChI=1S/C15H13BrFNO2/c1-9-6-10(15(18)19)2-3-11(9)8-20-12-4-5-14(17)13(16)7-12/h2-7H,8H2,1H3,(H2,18,19). The van der Waals surface area contributed by atoms with Crippen LogP contribution in [0.3, 0.4) is 0 Å². The molecule has 0 aliphatic carbocycles. The molecule has 0 atom stereocenters. The highest BCUT2D eigenvalue weighted by atomic mass is 79.9. The minimum Gasteiger partial charge on any atom is -0.489 e. The molecule has 20 heavy (non-hydrogen) atoms. The second-order valence-electron chi connectivity index (χ2n) is 4.37. The van der Waals surface area contributed by atoms with Crippen LogP contribution in [-0.4, -0.2) is 5.91 Å². The molecule has 0 spiro atoms. The van der Waals surface area contributed by atoms with Gasteiger partial charge in [-0.25, -0.2) is 4.39 Å². The van der Waals surface area contributed by atoms with Crippen LogP contribution in [0.5, 0.6) is 5.75 Å². The van der Waals surface area contributed by atoms with E-state index in [1.807, 2.05) is 6.92 Å². The van der Waals surface area contributed by atoms with Gasteiger partial charge in [0.15, 0.2) is 0 Å². The highest BCUT2D eigenvalue weighted by molar-refractivity contribution is 9.10. The number of hydrogen-bond acceptors (Lipinski definition) is 2. The molecule has 104 valence electrons. The molecule has 2 rings (SSSR count). The lowest BCUT2D eigenvalue weighted by Crippen LogP contribution is -2.11. The van der Waals surface area contributed by atoms with Crippen molar-refractivity contribution in [2.75, 3.05) is 0 Å². The van der Waals surface area contributed by atoms with Gasteiger partial charge >= 0.3 is 0 Å². The average molecular weight is 338 g/mol. The molecular formula is C15H13BrFNO2. The molecule has 2 N–H and O–H groups in total. The number of carbonyl (C=O) groups excluding carboxylic acids is 1. The van der Waals surface area contributed by atoms with Crippen molar-refractivity contribution in [1.29, 1.82) is 0 Å². The van der Waals surface area contributed by atoms with E-state index in [1.54, 1.807) is 30.3 Å². The van der Waals surface area contributed by atoms with Crippen molar-refractivity contribution in [3.63, 3.8) is 0 Å². The Labute approximate surface area is 124 Å². The van der Waals surface area contributed by atoms with Gasteiger partial charge in [-0.15, -0.1) is 0 Å². The van der Waals surface area contributed by atoms with Gasteiger partial charge in [0.2, 0.25) is 5.91 Å². The van der Waals surface area contributed by atoms with Crippen molar-refractivity contribution in [2.24, 2.45) is 5.73 Å². The summed E-state index contributed by atoms with van der Waals surface area (Å²) in [7, 11) is 0. The molecule has 0 unspecified atom stereocenters. The summed E-state index contributed by atoms with van der Waals surface area (Å²) in [4.78, 5) is 11.1. The van der Waals surface area contributed by atoms with Gasteiger partial charge in [0, 0.05) is 5.56 Å². The Morgan fingerprint density at radius 2 is 2.05 bits per heavy atom. The zero-order valence-electron chi connectivity index (χ0n) is 10.8. The number of amides is 1. The summed E-state index contributed by atoms with van der Waals surface area (Å²) in [5.74, 6) is -0.223. The second kappa shape index (κ2) is 6.05. The van der Waals surface area contributed by atoms with E-state index >= 15 is 0 Å². The predicted molar refractivity (Wildman–Crippen MR) is 78.1 cm³/mol. The molecule has 0 radical (unpaired) electrons. The molecule has 1 amide bonds. The number of carbonyl (C=O) groups is 1. The fraction of sp³-hybridized carbons (Fsp3) is 0.133. The van der Waals surface area contributed by atoms with Crippen molar-refractivity contribution in [2.45, 2.75) is 13.5 Å². The number of rotatable bonds is 4. The number of ether oxygens (including phenoxy) is 1. The molecule has 0 aliphatic rings. The van der Waals surface area contributed by atoms with E-state index in [0.717, 1.165) is 11.1 Å². The van der Waals surface area contributed by atoms with Crippen LogP contribution in [0.1, 0.15) is 21.5 Å². The zero-order valence-corrected chi connectivity index (χ0v) is 12.4. The van der Waals surface area contributed by atoms with Crippen molar-refractivity contribution in [3.05, 3.63) is 63.4 Å². The summed E-state index contributed by atoms with van der Waals surface area (Å²) in [5, 5.41) is 0. The molecule has 0 saturated carbocycles. The summed E-state index contributed by atoms with van der Waals surface area (Å²) in [6, 6.07) is 9.66. The Morgan fingerprint density at radius 1 is 1.30 bits per heavy atom. The first-order chi connectivity index (χ1) is 9.47. The van der Waals surface area contributed by atoms with E-state index in [-0.39, 0.29) is 5.82 Å². The quantitative estimate of drug-likeness (QED) is 0.927. The molecule has 3 nitrogen and oxygen atoms in total. The van der Waals surface area contributed by atoms with Crippen LogP contribution in [-0.2, 0) is 6.61 Å². The first-order valence-electron chi connectivity index (χ1n) is 5.94. The molecular weight excluding hydrogens is 325 g/mol. The Morgan fingerprint density at radius 3 is 2.65 bits per heavy atom. The molecule has 0 saturated heterocycles. The summed E-state index contributed by atoms with van der Waals surface area (Å²) in [6.45, 7) is 2.22. The van der Waals surface area contributed by atoms with Crippen LogP contribution in [0.4, 0.5) is 4.39 Å². The minimum absolute atomic E-state index is 0.334. The first kappa shape index (κ1) is 14.5. The van der Waals surface area contributed by atoms with E-state index in [4.69, 9.17) is 10.5 Å². The predicted octanol–water partition coefficient (Wildman–Crippen LogP) is 3.57. The van der Waals surface area contributed by atoms with Crippen molar-refractivity contribution < 1.29 is 13.9 Å². The number of benzene rings is 2. The Bertz CT molecular complexity index is 658. The van der Waals surface area contributed by atoms with E-state index in [1.165, 1.54) is 6.07 Å². The maximum Gasteiger partial charge on any atom is 0.248 e. The molecule has 0 heterocycles. The van der Waals surface area contributed by atoms with Crippen LogP contribution < -0.4 is 10.5 Å². The van der Waals surface area contributed by atoms with Gasteiger partial charge in [0.25, 0.3) is 0 Å². The molecule has 0 aliphatic heterocycles. The molecule has 5 heteroatoms. The number of primary amides is 1. The molecule has 2 aromatic rings. The SMILES string of the molecule is Cc1cc(C(N)=O)ccc1COc1ccc(F)c(Br)c1. The van der Waals surface area contributed by atoms with Gasteiger partial charge in [-0.05, 0) is 64.3 Å². The lowest BCUT2D eigenvalue weighted by atomic mass is 10.1. The second-order valence-corrected chi connectivity index (χ2v) is 5.22. The van der Waals surface area contributed by atoms with Gasteiger partial charge in [0.1, 0.15) is 18.2 Å². The van der Waals surface area contributed by atoms with Crippen LogP contribution in [0.2, 0.25) is 0 Å². The maximum absolute atomic E-state index is 13.1. The van der Waals surface area contributed by atoms with Crippen LogP contribution >= 0.6 is 15.9 Å². The third kappa shape index (κ3) is 3.36. The molecule has 0 bridgehead atoms. The summed E-state index contributed by atoms with van der Waals surface area (Å²) in [5.41, 5.74) is 7.55. The normalized spacial score (nSPS) is 10.3. The number of hydrogen-bond donors (Lipinski definition) is 1. The molecule has 0 aromatic heterocycles. The lowest BCUT2D eigenvalue weighted by Gasteiger charge is -2.10. The largest absolute Gasteiger partial charge is 0.489 e. The van der Waals surface area contributed by atoms with Crippen LogP contribution in [0, 0.1) is 12.7 Å². The van der Waals surface area contributed by atoms with E-state index in [2.05, 4.69) is 15.9 Å². The zero-order chi connectivity index (χ0) is 14.7. The number of aryl methyl sites for hydroxylation is 1. The Balaban J connectivity index is 2.10.